The fourth-order valence-corrected chi connectivity index (χ4v) is 2.48. The van der Waals surface area contributed by atoms with Crippen molar-refractivity contribution in [3.05, 3.63) is 65.7 Å². The van der Waals surface area contributed by atoms with E-state index in [9.17, 15) is 0 Å². The molecule has 1 heterocycles. The molecule has 1 atom stereocenters. The maximum Gasteiger partial charge on any atom is 0.196 e. The summed E-state index contributed by atoms with van der Waals surface area (Å²) in [6.07, 6.45) is 0. The van der Waals surface area contributed by atoms with Gasteiger partial charge in [0.25, 0.3) is 0 Å². The summed E-state index contributed by atoms with van der Waals surface area (Å²) in [5.74, 6) is 1.15. The van der Waals surface area contributed by atoms with E-state index in [1.807, 2.05) is 13.1 Å². The lowest BCUT2D eigenvalue weighted by Gasteiger charge is -2.17. The van der Waals surface area contributed by atoms with Crippen LogP contribution in [-0.4, -0.2) is 19.6 Å². The molecule has 3 rings (SSSR count). The average molecular weight is 251 g/mol. The SMILES string of the molecule is CNC1=Nc2ccccc2C(c2ccccc2)CN1. The van der Waals surface area contributed by atoms with Crippen LogP contribution in [0, 0.1) is 0 Å². The molecule has 1 aliphatic heterocycles. The van der Waals surface area contributed by atoms with Crippen molar-refractivity contribution in [2.24, 2.45) is 4.99 Å². The van der Waals surface area contributed by atoms with Crippen molar-refractivity contribution in [3.8, 4) is 0 Å². The molecule has 2 aromatic rings. The normalized spacial score (nSPS) is 17.7. The molecule has 2 N–H and O–H groups in total. The second-order valence-corrected chi connectivity index (χ2v) is 4.61. The molecule has 0 aliphatic carbocycles. The van der Waals surface area contributed by atoms with Crippen LogP contribution in [0.15, 0.2) is 59.6 Å². The summed E-state index contributed by atoms with van der Waals surface area (Å²) in [6.45, 7) is 0.848. The Bertz CT molecular complexity index is 590. The van der Waals surface area contributed by atoms with Gasteiger partial charge in [-0.15, -0.1) is 0 Å². The van der Waals surface area contributed by atoms with Crippen LogP contribution in [0.1, 0.15) is 17.0 Å². The third-order valence-electron chi connectivity index (χ3n) is 3.46. The Morgan fingerprint density at radius 2 is 1.79 bits per heavy atom. The highest BCUT2D eigenvalue weighted by atomic mass is 15.2. The monoisotopic (exact) mass is 251 g/mol. The van der Waals surface area contributed by atoms with Crippen molar-refractivity contribution >= 4 is 11.6 Å². The van der Waals surface area contributed by atoms with Crippen LogP contribution in [0.2, 0.25) is 0 Å². The number of fused-ring (bicyclic) bond motifs is 1. The van der Waals surface area contributed by atoms with Gasteiger partial charge in [0, 0.05) is 19.5 Å². The minimum absolute atomic E-state index is 0.326. The van der Waals surface area contributed by atoms with Crippen molar-refractivity contribution in [1.29, 1.82) is 0 Å². The second kappa shape index (κ2) is 5.14. The Morgan fingerprint density at radius 3 is 2.58 bits per heavy atom. The van der Waals surface area contributed by atoms with E-state index in [1.165, 1.54) is 11.1 Å². The highest BCUT2D eigenvalue weighted by molar-refractivity contribution is 5.84. The van der Waals surface area contributed by atoms with E-state index in [-0.39, 0.29) is 0 Å². The van der Waals surface area contributed by atoms with Gasteiger partial charge in [0.15, 0.2) is 5.96 Å². The molecule has 3 nitrogen and oxygen atoms in total. The molecule has 0 bridgehead atoms. The zero-order valence-corrected chi connectivity index (χ0v) is 10.9. The minimum Gasteiger partial charge on any atom is -0.359 e. The molecule has 3 heteroatoms. The Morgan fingerprint density at radius 1 is 1.05 bits per heavy atom. The van der Waals surface area contributed by atoms with E-state index in [1.54, 1.807) is 0 Å². The van der Waals surface area contributed by atoms with E-state index in [0.29, 0.717) is 5.92 Å². The average Bonchev–Trinajstić information content (AvgIpc) is 2.67. The summed E-state index contributed by atoms with van der Waals surface area (Å²) in [7, 11) is 1.89. The smallest absolute Gasteiger partial charge is 0.196 e. The topological polar surface area (TPSA) is 36.4 Å². The first-order valence-corrected chi connectivity index (χ1v) is 6.52. The molecule has 0 radical (unpaired) electrons. The van der Waals surface area contributed by atoms with Crippen molar-refractivity contribution < 1.29 is 0 Å². The van der Waals surface area contributed by atoms with E-state index in [2.05, 4.69) is 64.2 Å². The van der Waals surface area contributed by atoms with Crippen LogP contribution in [0.4, 0.5) is 5.69 Å². The van der Waals surface area contributed by atoms with Gasteiger partial charge in [-0.1, -0.05) is 48.5 Å². The number of aliphatic imine (C=N–C) groups is 1. The van der Waals surface area contributed by atoms with Crippen LogP contribution < -0.4 is 10.6 Å². The highest BCUT2D eigenvalue weighted by Gasteiger charge is 2.20. The van der Waals surface area contributed by atoms with E-state index in [0.717, 1.165) is 18.2 Å². The number of nitrogens with one attached hydrogen (secondary N) is 2. The largest absolute Gasteiger partial charge is 0.359 e. The van der Waals surface area contributed by atoms with Crippen molar-refractivity contribution in [2.75, 3.05) is 13.6 Å². The van der Waals surface area contributed by atoms with Crippen molar-refractivity contribution in [3.63, 3.8) is 0 Å². The van der Waals surface area contributed by atoms with Gasteiger partial charge in [-0.3, -0.25) is 0 Å². The van der Waals surface area contributed by atoms with Crippen molar-refractivity contribution in [2.45, 2.75) is 5.92 Å². The number of nitrogens with zero attached hydrogens (tertiary/aromatic N) is 1. The second-order valence-electron chi connectivity index (χ2n) is 4.61. The summed E-state index contributed by atoms with van der Waals surface area (Å²) in [5.41, 5.74) is 3.62. The molecule has 0 spiro atoms. The zero-order chi connectivity index (χ0) is 13.1. The molecule has 1 aliphatic rings. The molecule has 0 amide bonds. The van der Waals surface area contributed by atoms with Crippen molar-refractivity contribution in [1.82, 2.24) is 10.6 Å². The first kappa shape index (κ1) is 11.8. The maximum atomic E-state index is 4.63. The minimum atomic E-state index is 0.326. The van der Waals surface area contributed by atoms with Crippen LogP contribution in [0.5, 0.6) is 0 Å². The summed E-state index contributed by atoms with van der Waals surface area (Å²) >= 11 is 0. The molecule has 1 unspecified atom stereocenters. The van der Waals surface area contributed by atoms with Crippen LogP contribution in [-0.2, 0) is 0 Å². The van der Waals surface area contributed by atoms with E-state index < -0.39 is 0 Å². The van der Waals surface area contributed by atoms with E-state index in [4.69, 9.17) is 0 Å². The lowest BCUT2D eigenvalue weighted by atomic mass is 9.90. The third-order valence-corrected chi connectivity index (χ3v) is 3.46. The Hall–Kier alpha value is -2.29. The van der Waals surface area contributed by atoms with E-state index >= 15 is 0 Å². The fraction of sp³-hybridized carbons (Fsp3) is 0.188. The van der Waals surface area contributed by atoms with Gasteiger partial charge in [0.05, 0.1) is 5.69 Å². The Balaban J connectivity index is 2.07. The van der Waals surface area contributed by atoms with Crippen LogP contribution in [0.3, 0.4) is 0 Å². The molecule has 2 aromatic carbocycles. The predicted octanol–water partition coefficient (Wildman–Crippen LogP) is 2.63. The molecule has 19 heavy (non-hydrogen) atoms. The van der Waals surface area contributed by atoms with Crippen LogP contribution >= 0.6 is 0 Å². The van der Waals surface area contributed by atoms with Gasteiger partial charge in [-0.05, 0) is 17.2 Å². The van der Waals surface area contributed by atoms with Crippen LogP contribution in [0.25, 0.3) is 0 Å². The lowest BCUT2D eigenvalue weighted by Crippen LogP contribution is -2.36. The molecule has 96 valence electrons. The molecule has 0 saturated carbocycles. The molecular weight excluding hydrogens is 234 g/mol. The number of hydrogen-bond donors (Lipinski definition) is 2. The number of guanidine groups is 1. The summed E-state index contributed by atoms with van der Waals surface area (Å²) < 4.78 is 0. The first-order chi connectivity index (χ1) is 9.38. The lowest BCUT2D eigenvalue weighted by molar-refractivity contribution is 0.755. The highest BCUT2D eigenvalue weighted by Crippen LogP contribution is 2.32. The Labute approximate surface area is 113 Å². The molecule has 0 aromatic heterocycles. The molecule has 0 fully saturated rings. The van der Waals surface area contributed by atoms with Gasteiger partial charge in [0.2, 0.25) is 0 Å². The number of para-hydroxylation sites is 1. The predicted molar refractivity (Wildman–Crippen MR) is 78.9 cm³/mol. The number of benzene rings is 2. The standard InChI is InChI=1S/C16H17N3/c1-17-16-18-11-14(12-7-3-2-4-8-12)13-9-5-6-10-15(13)19-16/h2-10,14H,11H2,1H3,(H2,17,18,19). The summed E-state index contributed by atoms with van der Waals surface area (Å²) in [6, 6.07) is 18.9. The summed E-state index contributed by atoms with van der Waals surface area (Å²) in [4.78, 5) is 4.63. The Kier molecular flexibility index (Phi) is 3.19. The van der Waals surface area contributed by atoms with Gasteiger partial charge in [0.1, 0.15) is 0 Å². The summed E-state index contributed by atoms with van der Waals surface area (Å²) in [5, 5.41) is 6.46. The number of rotatable bonds is 1. The third kappa shape index (κ3) is 2.32. The molecular formula is C16H17N3. The van der Waals surface area contributed by atoms with Gasteiger partial charge in [-0.25, -0.2) is 4.99 Å². The van der Waals surface area contributed by atoms with Gasteiger partial charge in [-0.2, -0.15) is 0 Å². The first-order valence-electron chi connectivity index (χ1n) is 6.52. The molecule has 0 saturated heterocycles. The van der Waals surface area contributed by atoms with Gasteiger partial charge < -0.3 is 10.6 Å². The fourth-order valence-electron chi connectivity index (χ4n) is 2.48. The number of hydrogen-bond acceptors (Lipinski definition) is 3. The maximum absolute atomic E-state index is 4.63. The van der Waals surface area contributed by atoms with Gasteiger partial charge >= 0.3 is 0 Å². The quantitative estimate of drug-likeness (QED) is 0.817. The zero-order valence-electron chi connectivity index (χ0n) is 10.9.